The number of hydrazine groups is 2. The first-order valence-electron chi connectivity index (χ1n) is 12.7. The van der Waals surface area contributed by atoms with Gasteiger partial charge in [0.2, 0.25) is 17.7 Å². The van der Waals surface area contributed by atoms with E-state index in [1.807, 2.05) is 0 Å². The Morgan fingerprint density at radius 1 is 1.05 bits per heavy atom. The second-order valence-corrected chi connectivity index (χ2v) is 9.57. The molecule has 0 aromatic heterocycles. The van der Waals surface area contributed by atoms with E-state index in [1.165, 1.54) is 18.7 Å². The molecule has 1 fully saturated rings. The summed E-state index contributed by atoms with van der Waals surface area (Å²) in [6, 6.07) is -4.47. The van der Waals surface area contributed by atoms with Crippen molar-refractivity contribution >= 4 is 35.6 Å². The van der Waals surface area contributed by atoms with Gasteiger partial charge in [-0.05, 0) is 66.3 Å². The highest BCUT2D eigenvalue weighted by molar-refractivity contribution is 5.99. The van der Waals surface area contributed by atoms with Crippen LogP contribution < -0.4 is 27.6 Å². The first kappa shape index (κ1) is 32.7. The number of rotatable bonds is 10. The van der Waals surface area contributed by atoms with Crippen molar-refractivity contribution in [1.82, 2.24) is 31.1 Å². The largest absolute Gasteiger partial charge is 0.383 e. The van der Waals surface area contributed by atoms with Gasteiger partial charge in [0.25, 0.3) is 11.8 Å². The van der Waals surface area contributed by atoms with E-state index in [9.17, 15) is 33.9 Å². The molecule has 0 bridgehead atoms. The predicted octanol–water partition coefficient (Wildman–Crippen LogP) is -1.94. The minimum absolute atomic E-state index is 0.0181. The molecule has 7 amide bonds. The van der Waals surface area contributed by atoms with Crippen LogP contribution in [0.4, 0.5) is 4.79 Å². The van der Waals surface area contributed by atoms with E-state index in [1.54, 1.807) is 13.8 Å². The van der Waals surface area contributed by atoms with Gasteiger partial charge in [-0.2, -0.15) is 5.01 Å². The highest BCUT2D eigenvalue weighted by atomic mass is 16.3. The van der Waals surface area contributed by atoms with Crippen LogP contribution in [-0.4, -0.2) is 99.0 Å². The fourth-order valence-corrected chi connectivity index (χ4v) is 3.77. The third-order valence-corrected chi connectivity index (χ3v) is 5.83. The van der Waals surface area contributed by atoms with E-state index in [4.69, 9.17) is 11.5 Å². The summed E-state index contributed by atoms with van der Waals surface area (Å²) in [5.74, 6) is -3.52. The molecule has 1 saturated heterocycles. The Morgan fingerprint density at radius 2 is 1.68 bits per heavy atom. The maximum absolute atomic E-state index is 13.3. The van der Waals surface area contributed by atoms with Gasteiger partial charge < -0.3 is 26.8 Å². The molecule has 0 spiro atoms. The van der Waals surface area contributed by atoms with E-state index in [-0.39, 0.29) is 13.0 Å². The van der Waals surface area contributed by atoms with Gasteiger partial charge in [0, 0.05) is 19.5 Å². The minimum atomic E-state index is -1.59. The zero-order valence-corrected chi connectivity index (χ0v) is 22.7. The van der Waals surface area contributed by atoms with E-state index >= 15 is 0 Å². The fraction of sp³-hybridized carbons (Fsp3) is 0.739. The van der Waals surface area contributed by atoms with Crippen LogP contribution >= 0.6 is 0 Å². The molecule has 1 aliphatic rings. The number of imide groups is 1. The van der Waals surface area contributed by atoms with Crippen LogP contribution in [0.15, 0.2) is 0 Å². The smallest absolute Gasteiger partial charge is 0.365 e. The summed E-state index contributed by atoms with van der Waals surface area (Å²) in [7, 11) is 0. The van der Waals surface area contributed by atoms with Gasteiger partial charge in [-0.1, -0.05) is 0 Å². The molecule has 0 saturated carbocycles. The molecule has 1 rings (SSSR count). The number of hydrogen-bond acceptors (Lipinski definition) is 9. The van der Waals surface area contributed by atoms with Gasteiger partial charge in [0.1, 0.15) is 18.2 Å². The van der Waals surface area contributed by atoms with Crippen LogP contribution in [-0.2, 0) is 24.0 Å². The molecule has 1 heterocycles. The van der Waals surface area contributed by atoms with Crippen LogP contribution in [0.2, 0.25) is 0 Å². The molecule has 216 valence electrons. The van der Waals surface area contributed by atoms with Crippen molar-refractivity contribution in [2.75, 3.05) is 13.1 Å². The van der Waals surface area contributed by atoms with Crippen molar-refractivity contribution in [1.29, 1.82) is 0 Å². The predicted molar refractivity (Wildman–Crippen MR) is 136 cm³/mol. The number of nitrogens with one attached hydrogen (secondary N) is 3. The molecule has 15 heteroatoms. The van der Waals surface area contributed by atoms with Gasteiger partial charge >= 0.3 is 6.03 Å². The zero-order chi connectivity index (χ0) is 29.2. The van der Waals surface area contributed by atoms with Crippen molar-refractivity contribution in [3.05, 3.63) is 0 Å². The van der Waals surface area contributed by atoms with Crippen LogP contribution in [0, 0.1) is 0 Å². The summed E-state index contributed by atoms with van der Waals surface area (Å²) in [5, 5.41) is 14.0. The van der Waals surface area contributed by atoms with Crippen molar-refractivity contribution < 1.29 is 33.9 Å². The lowest BCUT2D eigenvalue weighted by atomic mass is 10.1. The normalized spacial score (nSPS) is 17.3. The summed E-state index contributed by atoms with van der Waals surface area (Å²) < 4.78 is 0. The number of amides is 7. The number of unbranched alkanes of at least 4 members (excludes halogenated alkanes) is 1. The van der Waals surface area contributed by atoms with E-state index in [2.05, 4.69) is 16.2 Å². The highest BCUT2D eigenvalue weighted by Crippen LogP contribution is 2.19. The zero-order valence-electron chi connectivity index (χ0n) is 22.7. The molecular formula is C23H42N8O7. The molecule has 0 aromatic carbocycles. The van der Waals surface area contributed by atoms with E-state index in [0.29, 0.717) is 37.2 Å². The van der Waals surface area contributed by atoms with Gasteiger partial charge in [-0.3, -0.25) is 34.8 Å². The molecule has 0 radical (unpaired) electrons. The average molecular weight is 543 g/mol. The average Bonchev–Trinajstić information content (AvgIpc) is 3.34. The maximum atomic E-state index is 13.3. The molecule has 4 atom stereocenters. The second-order valence-electron chi connectivity index (χ2n) is 9.57. The quantitative estimate of drug-likeness (QED) is 0.133. The van der Waals surface area contributed by atoms with Crippen LogP contribution in [0.1, 0.15) is 66.7 Å². The number of carbonyl (C=O) groups excluding carboxylic acids is 6. The number of aliphatic hydroxyl groups excluding tert-OH is 1. The molecule has 38 heavy (non-hydrogen) atoms. The molecular weight excluding hydrogens is 500 g/mol. The first-order chi connectivity index (χ1) is 17.7. The number of nitrogens with two attached hydrogens (primary N) is 2. The third kappa shape index (κ3) is 9.22. The summed E-state index contributed by atoms with van der Waals surface area (Å²) in [6.45, 7) is 7.79. The minimum Gasteiger partial charge on any atom is -0.383 e. The van der Waals surface area contributed by atoms with Crippen molar-refractivity contribution in [2.24, 2.45) is 11.5 Å². The van der Waals surface area contributed by atoms with Gasteiger partial charge in [0.05, 0.1) is 6.04 Å². The van der Waals surface area contributed by atoms with E-state index in [0.717, 1.165) is 11.9 Å². The van der Waals surface area contributed by atoms with Crippen molar-refractivity contribution in [3.63, 3.8) is 0 Å². The third-order valence-electron chi connectivity index (χ3n) is 5.83. The number of hydrogen-bond donors (Lipinski definition) is 6. The molecule has 0 aliphatic carbocycles. The van der Waals surface area contributed by atoms with Crippen LogP contribution in [0.5, 0.6) is 0 Å². The number of aliphatic hydroxyl groups is 1. The Bertz CT molecular complexity index is 882. The first-order valence-corrected chi connectivity index (χ1v) is 12.7. The van der Waals surface area contributed by atoms with Gasteiger partial charge in [-0.15, -0.1) is 0 Å². The Balaban J connectivity index is 3.05. The Labute approximate surface area is 222 Å². The molecule has 8 N–H and O–H groups in total. The lowest BCUT2D eigenvalue weighted by Gasteiger charge is -2.34. The number of likely N-dealkylation sites (tertiary alicyclic amines) is 1. The second kappa shape index (κ2) is 15.2. The maximum Gasteiger partial charge on any atom is 0.365 e. The topological polar surface area (TPSA) is 220 Å². The fourth-order valence-electron chi connectivity index (χ4n) is 3.77. The molecule has 1 unspecified atom stereocenters. The van der Waals surface area contributed by atoms with Crippen LogP contribution in [0.25, 0.3) is 0 Å². The summed E-state index contributed by atoms with van der Waals surface area (Å²) in [5.41, 5.74) is 15.5. The summed E-state index contributed by atoms with van der Waals surface area (Å²) in [6.07, 6.45) is 0.225. The summed E-state index contributed by atoms with van der Waals surface area (Å²) >= 11 is 0. The molecule has 0 aromatic rings. The standard InChI is InChI=1S/C23H42N8O7/c1-13(2)30(23(38)31(27-16(5)32)22(37)18(33)10-6-7-11-24)28-20(35)17-9-8-12-29(17)21(36)15(4)26-19(34)14(3)25/h13-15,17-18,33H,6-12,24-25H2,1-5H3,(H,26,34)(H,27,32)(H,28,35)/t14-,15-,17-,18?/m0/s1. The number of carbonyl (C=O) groups is 6. The molecule has 15 nitrogen and oxygen atoms in total. The SMILES string of the molecule is CC(=O)NN(C(=O)C(O)CCCCN)C(=O)N(NC(=O)[C@@H]1CCCN1C(=O)[C@H](C)NC(=O)[C@H](C)N)C(C)C. The molecule has 1 aliphatic heterocycles. The Kier molecular flexibility index (Phi) is 13.1. The lowest BCUT2D eigenvalue weighted by molar-refractivity contribution is -0.146. The Morgan fingerprint density at radius 3 is 2.21 bits per heavy atom. The van der Waals surface area contributed by atoms with Crippen molar-refractivity contribution in [3.8, 4) is 0 Å². The highest BCUT2D eigenvalue weighted by Gasteiger charge is 2.39. The number of urea groups is 1. The van der Waals surface area contributed by atoms with E-state index < -0.39 is 65.8 Å². The lowest BCUT2D eigenvalue weighted by Crippen LogP contribution is -2.64. The van der Waals surface area contributed by atoms with Gasteiger partial charge in [-0.25, -0.2) is 9.80 Å². The monoisotopic (exact) mass is 542 g/mol. The van der Waals surface area contributed by atoms with Crippen molar-refractivity contribution in [2.45, 2.75) is 97.0 Å². The van der Waals surface area contributed by atoms with Crippen LogP contribution in [0.3, 0.4) is 0 Å². The summed E-state index contributed by atoms with van der Waals surface area (Å²) in [4.78, 5) is 77.2. The Hall–Kier alpha value is -3.30. The van der Waals surface area contributed by atoms with Gasteiger partial charge in [0.15, 0.2) is 0 Å². The number of nitrogens with zero attached hydrogens (tertiary/aromatic N) is 3.